The normalized spacial score (nSPS) is 10.6. The van der Waals surface area contributed by atoms with Gasteiger partial charge in [0, 0.05) is 28.1 Å². The zero-order valence-electron chi connectivity index (χ0n) is 14.4. The third kappa shape index (κ3) is 2.93. The Labute approximate surface area is 153 Å². The zero-order chi connectivity index (χ0) is 17.9. The van der Waals surface area contributed by atoms with Crippen molar-refractivity contribution < 1.29 is 0 Å². The zero-order valence-corrected chi connectivity index (χ0v) is 14.4. The van der Waals surface area contributed by atoms with Crippen LogP contribution in [-0.4, -0.2) is 0 Å². The van der Waals surface area contributed by atoms with Crippen LogP contribution in [0.25, 0.3) is 33.4 Å². The number of rotatable bonds is 3. The number of anilines is 2. The van der Waals surface area contributed by atoms with E-state index >= 15 is 0 Å². The molecule has 0 saturated heterocycles. The summed E-state index contributed by atoms with van der Waals surface area (Å²) in [4.78, 5) is 0. The van der Waals surface area contributed by atoms with E-state index < -0.39 is 0 Å². The molecule has 0 bridgehead atoms. The first-order valence-corrected chi connectivity index (χ1v) is 8.63. The Morgan fingerprint density at radius 1 is 0.423 bits per heavy atom. The van der Waals surface area contributed by atoms with Gasteiger partial charge < -0.3 is 11.5 Å². The van der Waals surface area contributed by atoms with E-state index in [1.165, 1.54) is 11.1 Å². The smallest absolute Gasteiger partial charge is 0.0474 e. The van der Waals surface area contributed by atoms with Gasteiger partial charge in [-0.2, -0.15) is 0 Å². The number of para-hydroxylation sites is 2. The second-order valence-corrected chi connectivity index (χ2v) is 6.30. The van der Waals surface area contributed by atoms with Crippen molar-refractivity contribution in [2.75, 3.05) is 11.5 Å². The average molecular weight is 336 g/mol. The minimum atomic E-state index is 0.731. The molecule has 0 aliphatic heterocycles. The van der Waals surface area contributed by atoms with Gasteiger partial charge in [0.15, 0.2) is 0 Å². The summed E-state index contributed by atoms with van der Waals surface area (Å²) in [6.07, 6.45) is 0. The summed E-state index contributed by atoms with van der Waals surface area (Å²) in [6.45, 7) is 0. The first-order valence-electron chi connectivity index (χ1n) is 8.63. The van der Waals surface area contributed by atoms with E-state index in [2.05, 4.69) is 54.6 Å². The van der Waals surface area contributed by atoms with Crippen molar-refractivity contribution >= 4 is 11.4 Å². The first-order chi connectivity index (χ1) is 12.7. The predicted molar refractivity (Wildman–Crippen MR) is 112 cm³/mol. The van der Waals surface area contributed by atoms with Gasteiger partial charge in [-0.05, 0) is 28.8 Å². The van der Waals surface area contributed by atoms with Crippen LogP contribution in [0.5, 0.6) is 0 Å². The maximum atomic E-state index is 6.55. The van der Waals surface area contributed by atoms with Gasteiger partial charge in [0.2, 0.25) is 0 Å². The van der Waals surface area contributed by atoms with E-state index in [1.54, 1.807) is 0 Å². The van der Waals surface area contributed by atoms with Crippen LogP contribution in [0.2, 0.25) is 0 Å². The molecule has 0 radical (unpaired) electrons. The SMILES string of the molecule is Nc1ccccc1-c1cccc(-c2cccc(-c3ccccc3)c2)c1N. The molecule has 2 heteroatoms. The number of hydrogen-bond acceptors (Lipinski definition) is 2. The molecule has 0 spiro atoms. The van der Waals surface area contributed by atoms with Crippen LogP contribution in [0.1, 0.15) is 0 Å². The highest BCUT2D eigenvalue weighted by Gasteiger charge is 2.11. The second kappa shape index (κ2) is 6.77. The summed E-state index contributed by atoms with van der Waals surface area (Å²) >= 11 is 0. The molecule has 0 atom stereocenters. The number of hydrogen-bond donors (Lipinski definition) is 2. The number of nitrogens with two attached hydrogens (primary N) is 2. The van der Waals surface area contributed by atoms with Gasteiger partial charge in [-0.15, -0.1) is 0 Å². The fourth-order valence-corrected chi connectivity index (χ4v) is 3.29. The largest absolute Gasteiger partial charge is 0.398 e. The number of benzene rings is 4. The molecular formula is C24H20N2. The van der Waals surface area contributed by atoms with Crippen molar-refractivity contribution in [1.82, 2.24) is 0 Å². The molecule has 4 rings (SSSR count). The van der Waals surface area contributed by atoms with E-state index in [-0.39, 0.29) is 0 Å². The molecule has 126 valence electrons. The van der Waals surface area contributed by atoms with Crippen molar-refractivity contribution in [3.8, 4) is 33.4 Å². The van der Waals surface area contributed by atoms with Crippen molar-refractivity contribution in [3.63, 3.8) is 0 Å². The average Bonchev–Trinajstić information content (AvgIpc) is 2.70. The Kier molecular flexibility index (Phi) is 4.16. The van der Waals surface area contributed by atoms with Crippen LogP contribution < -0.4 is 11.5 Å². The van der Waals surface area contributed by atoms with Gasteiger partial charge in [-0.25, -0.2) is 0 Å². The standard InChI is InChI=1S/C24H20N2/c25-23-15-5-4-12-21(23)22-14-7-13-20(24(22)26)19-11-6-10-18(16-19)17-8-2-1-3-9-17/h1-16H,25-26H2. The molecule has 4 aromatic rings. The maximum absolute atomic E-state index is 6.55. The maximum Gasteiger partial charge on any atom is 0.0474 e. The van der Waals surface area contributed by atoms with Crippen LogP contribution in [-0.2, 0) is 0 Å². The van der Waals surface area contributed by atoms with Crippen molar-refractivity contribution in [2.45, 2.75) is 0 Å². The summed E-state index contributed by atoms with van der Waals surface area (Å²) in [5, 5.41) is 0. The van der Waals surface area contributed by atoms with Crippen LogP contribution in [0, 0.1) is 0 Å². The van der Waals surface area contributed by atoms with Crippen LogP contribution in [0.3, 0.4) is 0 Å². The Morgan fingerprint density at radius 2 is 1.00 bits per heavy atom. The molecular weight excluding hydrogens is 316 g/mol. The molecule has 0 aliphatic rings. The molecule has 26 heavy (non-hydrogen) atoms. The van der Waals surface area contributed by atoms with Gasteiger partial charge in [0.05, 0.1) is 0 Å². The fourth-order valence-electron chi connectivity index (χ4n) is 3.29. The quantitative estimate of drug-likeness (QED) is 0.461. The third-order valence-corrected chi connectivity index (χ3v) is 4.64. The summed E-state index contributed by atoms with van der Waals surface area (Å²) in [6, 6.07) is 32.7. The molecule has 0 amide bonds. The molecule has 0 saturated carbocycles. The molecule has 2 nitrogen and oxygen atoms in total. The van der Waals surface area contributed by atoms with E-state index in [0.29, 0.717) is 0 Å². The monoisotopic (exact) mass is 336 g/mol. The lowest BCUT2D eigenvalue weighted by Crippen LogP contribution is -1.97. The summed E-state index contributed by atoms with van der Waals surface area (Å²) in [7, 11) is 0. The van der Waals surface area contributed by atoms with E-state index in [1.807, 2.05) is 42.5 Å². The van der Waals surface area contributed by atoms with E-state index in [9.17, 15) is 0 Å². The minimum Gasteiger partial charge on any atom is -0.398 e. The second-order valence-electron chi connectivity index (χ2n) is 6.30. The van der Waals surface area contributed by atoms with Gasteiger partial charge in [-0.1, -0.05) is 84.9 Å². The van der Waals surface area contributed by atoms with Crippen molar-refractivity contribution in [2.24, 2.45) is 0 Å². The van der Waals surface area contributed by atoms with Crippen LogP contribution in [0.15, 0.2) is 97.1 Å². The highest BCUT2D eigenvalue weighted by Crippen LogP contribution is 2.37. The van der Waals surface area contributed by atoms with Gasteiger partial charge >= 0.3 is 0 Å². The summed E-state index contributed by atoms with van der Waals surface area (Å²) in [5.74, 6) is 0. The molecule has 4 aromatic carbocycles. The van der Waals surface area contributed by atoms with Gasteiger partial charge in [0.25, 0.3) is 0 Å². The van der Waals surface area contributed by atoms with Crippen molar-refractivity contribution in [1.29, 1.82) is 0 Å². The predicted octanol–water partition coefficient (Wildman–Crippen LogP) is 5.85. The van der Waals surface area contributed by atoms with Gasteiger partial charge in [0.1, 0.15) is 0 Å². The summed E-state index contributed by atoms with van der Waals surface area (Å²) < 4.78 is 0. The number of nitrogen functional groups attached to an aromatic ring is 2. The Morgan fingerprint density at radius 3 is 1.81 bits per heavy atom. The molecule has 0 fully saturated rings. The summed E-state index contributed by atoms with van der Waals surface area (Å²) in [5.41, 5.74) is 20.6. The van der Waals surface area contributed by atoms with Crippen molar-refractivity contribution in [3.05, 3.63) is 97.1 Å². The first kappa shape index (κ1) is 16.0. The molecule has 0 aliphatic carbocycles. The molecule has 0 aromatic heterocycles. The molecule has 0 unspecified atom stereocenters. The Bertz CT molecular complexity index is 1050. The highest BCUT2D eigenvalue weighted by molar-refractivity contribution is 5.93. The lowest BCUT2D eigenvalue weighted by atomic mass is 9.94. The Hall–Kier alpha value is -3.52. The van der Waals surface area contributed by atoms with Gasteiger partial charge in [-0.3, -0.25) is 0 Å². The van der Waals surface area contributed by atoms with Crippen LogP contribution >= 0.6 is 0 Å². The molecule has 4 N–H and O–H groups in total. The third-order valence-electron chi connectivity index (χ3n) is 4.64. The van der Waals surface area contributed by atoms with E-state index in [4.69, 9.17) is 11.5 Å². The van der Waals surface area contributed by atoms with Crippen LogP contribution in [0.4, 0.5) is 11.4 Å². The van der Waals surface area contributed by atoms with E-state index in [0.717, 1.165) is 33.6 Å². The topological polar surface area (TPSA) is 52.0 Å². The highest BCUT2D eigenvalue weighted by atomic mass is 14.6. The fraction of sp³-hybridized carbons (Fsp3) is 0. The lowest BCUT2D eigenvalue weighted by molar-refractivity contribution is 1.56. The lowest BCUT2D eigenvalue weighted by Gasteiger charge is -2.14. The minimum absolute atomic E-state index is 0.731. The Balaban J connectivity index is 1.83. The molecule has 0 heterocycles.